The fourth-order valence-electron chi connectivity index (χ4n) is 9.87. The number of rotatable bonds is 31. The van der Waals surface area contributed by atoms with Crippen LogP contribution in [0.3, 0.4) is 0 Å². The van der Waals surface area contributed by atoms with E-state index in [4.69, 9.17) is 18.9 Å². The number of carbonyl (C=O) groups is 3. The molecule has 0 aliphatic carbocycles. The summed E-state index contributed by atoms with van der Waals surface area (Å²) in [5.41, 5.74) is 0.608. The van der Waals surface area contributed by atoms with Crippen LogP contribution >= 0.6 is 11.8 Å². The molecule has 0 radical (unpaired) electrons. The van der Waals surface area contributed by atoms with Gasteiger partial charge in [0.05, 0.1) is 48.7 Å². The Kier molecular flexibility index (Phi) is 21.7. The Balaban J connectivity index is 0.864. The van der Waals surface area contributed by atoms with Gasteiger partial charge in [0.25, 0.3) is 0 Å². The number of unbranched alkanes of at least 4 members (excludes halogenated alkanes) is 15. The highest BCUT2D eigenvalue weighted by Gasteiger charge is 2.43. The zero-order valence-electron chi connectivity index (χ0n) is 36.6. The van der Waals surface area contributed by atoms with Gasteiger partial charge in [-0.25, -0.2) is 9.59 Å². The number of hydrogen-bond donors (Lipinski definition) is 4. The molecule has 0 aromatic rings. The summed E-state index contributed by atoms with van der Waals surface area (Å²) in [6, 6.07) is 0.315. The van der Waals surface area contributed by atoms with Crippen molar-refractivity contribution >= 4 is 29.7 Å². The molecule has 12 heteroatoms. The SMILES string of the molecule is CCCCCCCCCC[C@H](O)[C@H]1CC[C@H]([C@H]2CC[C@H]([C@H](O)CCCCCCCCCC[C@H](CC3=C[C@H](C)OC3=O)OC(=O)CCCC[C@@H]3SC[C@@H]4NC(=O)N[C@@H]43)O2)O1. The Morgan fingerprint density at radius 3 is 1.88 bits per heavy atom. The molecule has 0 bridgehead atoms. The van der Waals surface area contributed by atoms with Crippen molar-refractivity contribution in [3.8, 4) is 0 Å². The first-order chi connectivity index (χ1) is 28.7. The van der Waals surface area contributed by atoms with E-state index in [1.165, 1.54) is 51.4 Å². The summed E-state index contributed by atoms with van der Waals surface area (Å²) < 4.78 is 23.9. The third-order valence-electron chi connectivity index (χ3n) is 13.4. The third-order valence-corrected chi connectivity index (χ3v) is 14.9. The molecule has 2 amide bonds. The second kappa shape index (κ2) is 26.6. The topological polar surface area (TPSA) is 153 Å². The van der Waals surface area contributed by atoms with Gasteiger partial charge in [0.15, 0.2) is 0 Å². The number of carbonyl (C=O) groups excluding carboxylic acids is 3. The second-order valence-electron chi connectivity index (χ2n) is 18.4. The van der Waals surface area contributed by atoms with Crippen molar-refractivity contribution in [3.05, 3.63) is 11.6 Å². The Morgan fingerprint density at radius 2 is 1.32 bits per heavy atom. The van der Waals surface area contributed by atoms with E-state index in [9.17, 15) is 24.6 Å². The molecule has 338 valence electrons. The molecule has 0 spiro atoms. The fraction of sp³-hybridized carbons (Fsp3) is 0.894. The fourth-order valence-corrected chi connectivity index (χ4v) is 11.4. The van der Waals surface area contributed by atoms with E-state index in [1.54, 1.807) is 0 Å². The van der Waals surface area contributed by atoms with Crippen LogP contribution in [0, 0.1) is 0 Å². The number of thioether (sulfide) groups is 1. The standard InChI is InChI=1S/C47H80N2O9S/c1-3-4-5-6-7-11-14-17-22-37(50)39-26-28-41(57-39)42-29-27-40(58-42)38(51)23-18-15-12-9-8-10-13-16-21-35(31-34-30-33(2)55-46(34)53)56-44(52)25-20-19-24-43-45-36(32-59-43)48-47(54)49-45/h30,33,35-43,45,50-51H,3-29,31-32H2,1-2H3,(H2,48,49,54)/t33-,35+,36-,37-,38+,39+,40+,41+,42+,43-,45-/m0/s1. The van der Waals surface area contributed by atoms with E-state index in [-0.39, 0.29) is 72.8 Å². The summed E-state index contributed by atoms with van der Waals surface area (Å²) in [6.45, 7) is 4.10. The summed E-state index contributed by atoms with van der Waals surface area (Å²) in [4.78, 5) is 36.9. The third kappa shape index (κ3) is 16.7. The van der Waals surface area contributed by atoms with Crippen molar-refractivity contribution in [2.45, 2.75) is 260 Å². The van der Waals surface area contributed by atoms with Crippen LogP contribution in [0.15, 0.2) is 11.6 Å². The predicted molar refractivity (Wildman–Crippen MR) is 233 cm³/mol. The average Bonchev–Trinajstić information content (AvgIpc) is 4.06. The molecule has 59 heavy (non-hydrogen) atoms. The molecule has 0 aromatic heterocycles. The molecular formula is C47H80N2O9S. The minimum Gasteiger partial charge on any atom is -0.462 e. The van der Waals surface area contributed by atoms with E-state index in [0.717, 1.165) is 121 Å². The summed E-state index contributed by atoms with van der Waals surface area (Å²) >= 11 is 1.89. The van der Waals surface area contributed by atoms with E-state index < -0.39 is 6.10 Å². The molecule has 4 fully saturated rings. The number of fused-ring (bicyclic) bond motifs is 1. The number of hydrogen-bond acceptors (Lipinski definition) is 10. The predicted octanol–water partition coefficient (Wildman–Crippen LogP) is 9.13. The van der Waals surface area contributed by atoms with Gasteiger partial charge in [0.1, 0.15) is 12.2 Å². The first-order valence-electron chi connectivity index (χ1n) is 24.2. The highest BCUT2D eigenvalue weighted by atomic mass is 32.2. The molecule has 5 rings (SSSR count). The van der Waals surface area contributed by atoms with Crippen molar-refractivity contribution in [1.82, 2.24) is 10.6 Å². The summed E-state index contributed by atoms with van der Waals surface area (Å²) in [6.07, 6.45) is 28.5. The molecule has 0 aromatic carbocycles. The number of cyclic esters (lactones) is 1. The van der Waals surface area contributed by atoms with Crippen LogP contribution in [0.25, 0.3) is 0 Å². The number of ether oxygens (including phenoxy) is 4. The Hall–Kier alpha value is -1.86. The number of esters is 2. The van der Waals surface area contributed by atoms with Gasteiger partial charge in [-0.1, -0.05) is 110 Å². The highest BCUT2D eigenvalue weighted by Crippen LogP contribution is 2.36. The zero-order chi connectivity index (χ0) is 41.8. The van der Waals surface area contributed by atoms with Crippen LogP contribution < -0.4 is 10.6 Å². The minimum atomic E-state index is -0.434. The first kappa shape index (κ1) is 48.2. The van der Waals surface area contributed by atoms with Crippen molar-refractivity contribution in [2.75, 3.05) is 5.75 Å². The average molecular weight is 849 g/mol. The van der Waals surface area contributed by atoms with Crippen LogP contribution in [0.2, 0.25) is 0 Å². The lowest BCUT2D eigenvalue weighted by molar-refractivity contribution is -0.150. The normalized spacial score (nSPS) is 29.2. The quantitative estimate of drug-likeness (QED) is 0.0302. The molecule has 11 atom stereocenters. The molecule has 0 saturated carbocycles. The largest absolute Gasteiger partial charge is 0.462 e. The molecule has 4 N–H and O–H groups in total. The smallest absolute Gasteiger partial charge is 0.334 e. The van der Waals surface area contributed by atoms with E-state index in [2.05, 4.69) is 17.6 Å². The van der Waals surface area contributed by atoms with Crippen LogP contribution in [-0.2, 0) is 28.5 Å². The number of aliphatic hydroxyl groups is 2. The Bertz CT molecular complexity index is 1290. The van der Waals surface area contributed by atoms with Gasteiger partial charge in [-0.15, -0.1) is 0 Å². The number of amides is 2. The molecule has 5 aliphatic heterocycles. The van der Waals surface area contributed by atoms with Gasteiger partial charge in [0.2, 0.25) is 0 Å². The summed E-state index contributed by atoms with van der Waals surface area (Å²) in [5, 5.41) is 28.1. The molecule has 4 saturated heterocycles. The number of aliphatic hydroxyl groups excluding tert-OH is 2. The van der Waals surface area contributed by atoms with Crippen molar-refractivity contribution < 1.29 is 43.5 Å². The molecule has 0 unspecified atom stereocenters. The van der Waals surface area contributed by atoms with Gasteiger partial charge in [-0.3, -0.25) is 4.79 Å². The van der Waals surface area contributed by atoms with Crippen LogP contribution in [-0.4, -0.2) is 100 Å². The van der Waals surface area contributed by atoms with Crippen LogP contribution in [0.1, 0.15) is 194 Å². The van der Waals surface area contributed by atoms with Crippen molar-refractivity contribution in [2.24, 2.45) is 0 Å². The van der Waals surface area contributed by atoms with Gasteiger partial charge in [-0.2, -0.15) is 11.8 Å². The highest BCUT2D eigenvalue weighted by molar-refractivity contribution is 8.00. The van der Waals surface area contributed by atoms with E-state index in [0.29, 0.717) is 23.7 Å². The maximum Gasteiger partial charge on any atom is 0.334 e. The summed E-state index contributed by atoms with van der Waals surface area (Å²) in [5.74, 6) is 0.422. The Morgan fingerprint density at radius 1 is 0.763 bits per heavy atom. The molecule has 11 nitrogen and oxygen atoms in total. The van der Waals surface area contributed by atoms with E-state index in [1.807, 2.05) is 24.8 Å². The number of urea groups is 1. The zero-order valence-corrected chi connectivity index (χ0v) is 37.4. The van der Waals surface area contributed by atoms with Gasteiger partial charge in [0, 0.05) is 29.4 Å². The monoisotopic (exact) mass is 849 g/mol. The second-order valence-corrected chi connectivity index (χ2v) is 19.6. The first-order valence-corrected chi connectivity index (χ1v) is 25.2. The molecular weight excluding hydrogens is 769 g/mol. The van der Waals surface area contributed by atoms with Crippen LogP contribution in [0.5, 0.6) is 0 Å². The summed E-state index contributed by atoms with van der Waals surface area (Å²) in [7, 11) is 0. The molecule has 5 aliphatic rings. The lowest BCUT2D eigenvalue weighted by Crippen LogP contribution is -2.36. The van der Waals surface area contributed by atoms with E-state index >= 15 is 0 Å². The minimum absolute atomic E-state index is 0.0272. The maximum atomic E-state index is 12.9. The lowest BCUT2D eigenvalue weighted by atomic mass is 10.00. The van der Waals surface area contributed by atoms with Gasteiger partial charge >= 0.3 is 18.0 Å². The maximum absolute atomic E-state index is 12.9. The van der Waals surface area contributed by atoms with Crippen LogP contribution in [0.4, 0.5) is 4.79 Å². The number of nitrogens with one attached hydrogen (secondary N) is 2. The molecule has 5 heterocycles. The van der Waals surface area contributed by atoms with Crippen molar-refractivity contribution in [3.63, 3.8) is 0 Å². The van der Waals surface area contributed by atoms with Gasteiger partial charge in [-0.05, 0) is 77.2 Å². The Labute approximate surface area is 360 Å². The van der Waals surface area contributed by atoms with Crippen molar-refractivity contribution in [1.29, 1.82) is 0 Å². The lowest BCUT2D eigenvalue weighted by Gasteiger charge is -2.24. The van der Waals surface area contributed by atoms with Gasteiger partial charge < -0.3 is 39.8 Å².